The summed E-state index contributed by atoms with van der Waals surface area (Å²) in [4.78, 5) is 29.1. The molecule has 1 aromatic carbocycles. The summed E-state index contributed by atoms with van der Waals surface area (Å²) in [6.07, 6.45) is 3.11. The maximum absolute atomic E-state index is 12.8. The predicted octanol–water partition coefficient (Wildman–Crippen LogP) is 1.32. The van der Waals surface area contributed by atoms with Crippen LogP contribution in [0.25, 0.3) is 33.6 Å². The van der Waals surface area contributed by atoms with Crippen molar-refractivity contribution in [2.75, 3.05) is 12.0 Å². The first kappa shape index (κ1) is 13.7. The number of rotatable bonds is 0. The molecule has 6 rings (SSSR count). The molecule has 0 bridgehead atoms. The molecule has 0 unspecified atom stereocenters. The molecule has 4 aromatic rings. The molecular formula is C19H11N3O4. The minimum Gasteiger partial charge on any atom is -0.471 e. The van der Waals surface area contributed by atoms with E-state index in [0.717, 1.165) is 33.2 Å². The van der Waals surface area contributed by atoms with Crippen LogP contribution in [0.2, 0.25) is 0 Å². The van der Waals surface area contributed by atoms with E-state index >= 15 is 0 Å². The van der Waals surface area contributed by atoms with Crippen LogP contribution in [0, 0.1) is 0 Å². The van der Waals surface area contributed by atoms with Gasteiger partial charge in [0.2, 0.25) is 0 Å². The van der Waals surface area contributed by atoms with Crippen molar-refractivity contribution in [3.8, 4) is 5.75 Å². The smallest absolute Gasteiger partial charge is 0.315 e. The highest BCUT2D eigenvalue weighted by molar-refractivity contribution is 6.06. The second kappa shape index (κ2) is 4.51. The molecule has 0 radical (unpaired) electrons. The number of nitrogens with one attached hydrogen (secondary N) is 1. The number of hydrogen-bond donors (Lipinski definition) is 1. The van der Waals surface area contributed by atoms with Gasteiger partial charge in [0.05, 0.1) is 33.9 Å². The van der Waals surface area contributed by atoms with Gasteiger partial charge in [0.15, 0.2) is 6.73 Å². The largest absolute Gasteiger partial charge is 0.471 e. The molecule has 2 aliphatic heterocycles. The summed E-state index contributed by atoms with van der Waals surface area (Å²) in [5.74, 6) is 0.435. The Kier molecular flexibility index (Phi) is 2.37. The van der Waals surface area contributed by atoms with Gasteiger partial charge in [0.25, 0.3) is 5.56 Å². The lowest BCUT2D eigenvalue weighted by Gasteiger charge is -2.08. The zero-order chi connectivity index (χ0) is 17.4. The number of carbonyl (C=O) groups is 1. The molecule has 7 heteroatoms. The standard InChI is InChI=1S/C19H11N3O4/c23-16-5-9-4-14-17-10(6-22(14)19(24)12(9)7-25-16)3-11-13(21-17)1-2-15-18(11)20-8-26-15/h1-4,6-7,20H,5,8H2. The number of nitrogens with zero attached hydrogens (tertiary/aromatic N) is 2. The molecule has 3 aromatic heterocycles. The monoisotopic (exact) mass is 345 g/mol. The van der Waals surface area contributed by atoms with E-state index < -0.39 is 0 Å². The summed E-state index contributed by atoms with van der Waals surface area (Å²) in [5, 5.41) is 5.43. The van der Waals surface area contributed by atoms with E-state index in [9.17, 15) is 9.59 Å². The summed E-state index contributed by atoms with van der Waals surface area (Å²) in [6, 6.07) is 7.66. The molecule has 26 heavy (non-hydrogen) atoms. The summed E-state index contributed by atoms with van der Waals surface area (Å²) >= 11 is 0. The number of anilines is 1. The van der Waals surface area contributed by atoms with Crippen molar-refractivity contribution in [1.82, 2.24) is 9.38 Å². The van der Waals surface area contributed by atoms with Gasteiger partial charge in [-0.05, 0) is 29.8 Å². The maximum Gasteiger partial charge on any atom is 0.315 e. The van der Waals surface area contributed by atoms with Crippen LogP contribution in [0.5, 0.6) is 5.75 Å². The summed E-state index contributed by atoms with van der Waals surface area (Å²) in [6.45, 7) is 0.436. The molecule has 1 N–H and O–H groups in total. The van der Waals surface area contributed by atoms with Crippen molar-refractivity contribution in [1.29, 1.82) is 0 Å². The molecule has 0 spiro atoms. The fourth-order valence-electron chi connectivity index (χ4n) is 3.77. The van der Waals surface area contributed by atoms with Crippen molar-refractivity contribution in [3.63, 3.8) is 0 Å². The number of ether oxygens (including phenoxy) is 2. The minimum atomic E-state index is -0.364. The summed E-state index contributed by atoms with van der Waals surface area (Å²) in [5.41, 5.74) is 3.62. The number of carbonyl (C=O) groups excluding carboxylic acids is 1. The third-order valence-corrected chi connectivity index (χ3v) is 4.99. The Bertz CT molecular complexity index is 1400. The second-order valence-electron chi connectivity index (χ2n) is 6.45. The Morgan fingerprint density at radius 3 is 3.04 bits per heavy atom. The molecule has 0 saturated carbocycles. The zero-order valence-corrected chi connectivity index (χ0v) is 13.4. The van der Waals surface area contributed by atoms with Crippen molar-refractivity contribution in [3.05, 3.63) is 51.6 Å². The van der Waals surface area contributed by atoms with Gasteiger partial charge in [-0.3, -0.25) is 14.0 Å². The molecule has 2 aliphatic rings. The van der Waals surface area contributed by atoms with E-state index in [2.05, 4.69) is 5.32 Å². The highest BCUT2D eigenvalue weighted by Crippen LogP contribution is 2.37. The van der Waals surface area contributed by atoms with Crippen LogP contribution in [-0.2, 0) is 16.0 Å². The Balaban J connectivity index is 1.76. The highest BCUT2D eigenvalue weighted by Gasteiger charge is 2.20. The van der Waals surface area contributed by atoms with Gasteiger partial charge in [0.1, 0.15) is 12.0 Å². The van der Waals surface area contributed by atoms with Crippen LogP contribution in [0.3, 0.4) is 0 Å². The Morgan fingerprint density at radius 2 is 2.12 bits per heavy atom. The van der Waals surface area contributed by atoms with Gasteiger partial charge < -0.3 is 14.8 Å². The fourth-order valence-corrected chi connectivity index (χ4v) is 3.77. The Morgan fingerprint density at radius 1 is 1.19 bits per heavy atom. The number of pyridine rings is 2. The number of esters is 1. The predicted molar refractivity (Wildman–Crippen MR) is 95.1 cm³/mol. The van der Waals surface area contributed by atoms with Crippen molar-refractivity contribution < 1.29 is 14.3 Å². The van der Waals surface area contributed by atoms with Gasteiger partial charge >= 0.3 is 5.97 Å². The van der Waals surface area contributed by atoms with Crippen LogP contribution < -0.4 is 20.8 Å². The highest BCUT2D eigenvalue weighted by atomic mass is 16.5. The number of benzene rings is 1. The number of fused-ring (bicyclic) bond motifs is 7. The Hall–Kier alpha value is -3.61. The van der Waals surface area contributed by atoms with Crippen molar-refractivity contribution in [2.24, 2.45) is 0 Å². The van der Waals surface area contributed by atoms with Crippen molar-refractivity contribution in [2.45, 2.75) is 6.42 Å². The van der Waals surface area contributed by atoms with E-state index in [1.807, 2.05) is 24.3 Å². The number of aromatic nitrogens is 2. The maximum atomic E-state index is 12.8. The lowest BCUT2D eigenvalue weighted by Crippen LogP contribution is -2.37. The van der Waals surface area contributed by atoms with E-state index in [0.29, 0.717) is 23.0 Å². The van der Waals surface area contributed by atoms with Gasteiger partial charge in [0, 0.05) is 17.0 Å². The molecule has 7 nitrogen and oxygen atoms in total. The fraction of sp³-hybridized carbons (Fsp3) is 0.105. The summed E-state index contributed by atoms with van der Waals surface area (Å²) < 4.78 is 12.0. The molecule has 0 fully saturated rings. The first-order valence-corrected chi connectivity index (χ1v) is 8.20. The molecule has 0 aliphatic carbocycles. The Labute approximate surface area is 145 Å². The van der Waals surface area contributed by atoms with Gasteiger partial charge in [-0.25, -0.2) is 4.98 Å². The lowest BCUT2D eigenvalue weighted by atomic mass is 10.1. The third-order valence-electron chi connectivity index (χ3n) is 4.99. The lowest BCUT2D eigenvalue weighted by molar-refractivity contribution is -0.135. The third kappa shape index (κ3) is 1.64. The van der Waals surface area contributed by atoms with Gasteiger partial charge in [-0.2, -0.15) is 0 Å². The molecule has 0 saturated heterocycles. The van der Waals surface area contributed by atoms with Crippen LogP contribution in [0.4, 0.5) is 5.69 Å². The van der Waals surface area contributed by atoms with E-state index in [4.69, 9.17) is 14.5 Å². The van der Waals surface area contributed by atoms with Crippen LogP contribution in [0.1, 0.15) is 5.56 Å². The van der Waals surface area contributed by atoms with E-state index in [1.54, 1.807) is 10.6 Å². The average Bonchev–Trinajstić information content (AvgIpc) is 3.25. The molecule has 0 amide bonds. The quantitative estimate of drug-likeness (QED) is 0.484. The SMILES string of the molecule is O=C1Cc2cc3c4nc5ccc6c(c5cc4cn3c(=O)c2=CO1)NCO6. The van der Waals surface area contributed by atoms with Crippen LogP contribution >= 0.6 is 0 Å². The molecule has 0 atom stereocenters. The first-order chi connectivity index (χ1) is 12.7. The second-order valence-corrected chi connectivity index (χ2v) is 6.45. The molecular weight excluding hydrogens is 334 g/mol. The molecule has 5 heterocycles. The minimum absolute atomic E-state index is 0.0899. The van der Waals surface area contributed by atoms with Crippen molar-refractivity contribution >= 4 is 45.2 Å². The van der Waals surface area contributed by atoms with Gasteiger partial charge in [-0.1, -0.05) is 0 Å². The summed E-state index contributed by atoms with van der Waals surface area (Å²) in [7, 11) is 0. The number of cyclic esters (lactones) is 1. The average molecular weight is 345 g/mol. The van der Waals surface area contributed by atoms with E-state index in [-0.39, 0.29) is 17.9 Å². The molecule has 126 valence electrons. The normalized spacial score (nSPS) is 15.3. The first-order valence-electron chi connectivity index (χ1n) is 8.20. The zero-order valence-electron chi connectivity index (χ0n) is 13.4. The van der Waals surface area contributed by atoms with Crippen LogP contribution in [0.15, 0.2) is 35.3 Å². The van der Waals surface area contributed by atoms with Crippen LogP contribution in [-0.4, -0.2) is 22.1 Å². The number of hydrogen-bond acceptors (Lipinski definition) is 6. The van der Waals surface area contributed by atoms with E-state index in [1.165, 1.54) is 6.26 Å². The topological polar surface area (TPSA) is 81.9 Å². The van der Waals surface area contributed by atoms with Gasteiger partial charge in [-0.15, -0.1) is 0 Å².